The van der Waals surface area contributed by atoms with Gasteiger partial charge in [-0.25, -0.2) is 0 Å². The van der Waals surface area contributed by atoms with E-state index in [0.717, 1.165) is 4.90 Å². The van der Waals surface area contributed by atoms with Gasteiger partial charge in [0.25, 0.3) is 5.56 Å². The number of fused-ring (bicyclic) bond motifs is 1. The van der Waals surface area contributed by atoms with Crippen molar-refractivity contribution in [1.29, 1.82) is 0 Å². The van der Waals surface area contributed by atoms with Gasteiger partial charge in [0, 0.05) is 19.2 Å². The van der Waals surface area contributed by atoms with Gasteiger partial charge in [-0.1, -0.05) is 0 Å². The first-order chi connectivity index (χ1) is 13.9. The molecule has 0 spiro atoms. The molecular formula is C19H27F3N4O4. The van der Waals surface area contributed by atoms with Crippen LogP contribution >= 0.6 is 0 Å². The number of morpholine rings is 1. The SMILES string of the molecule is C[C@@H]1COCCN1c1cc(=O)n2c(n1)N(CC(=O)OC(C)(C)C)[C@H](C(F)(F)F)CC2. The minimum atomic E-state index is -4.59. The predicted octanol–water partition coefficient (Wildman–Crippen LogP) is 1.95. The maximum atomic E-state index is 13.8. The molecule has 1 aromatic rings. The number of carbonyl (C=O) groups excluding carboxylic acids is 1. The lowest BCUT2D eigenvalue weighted by Gasteiger charge is -2.40. The number of nitrogens with zero attached hydrogens (tertiary/aromatic N) is 4. The maximum Gasteiger partial charge on any atom is 0.408 e. The van der Waals surface area contributed by atoms with E-state index in [9.17, 15) is 22.8 Å². The van der Waals surface area contributed by atoms with Gasteiger partial charge in [-0.2, -0.15) is 18.2 Å². The van der Waals surface area contributed by atoms with E-state index in [2.05, 4.69) is 4.98 Å². The van der Waals surface area contributed by atoms with E-state index < -0.39 is 35.9 Å². The molecule has 0 amide bonds. The molecule has 0 aromatic carbocycles. The van der Waals surface area contributed by atoms with Crippen LogP contribution in [0.25, 0.3) is 0 Å². The highest BCUT2D eigenvalue weighted by atomic mass is 19.4. The Bertz CT molecular complexity index is 850. The summed E-state index contributed by atoms with van der Waals surface area (Å²) in [6, 6.07) is -0.700. The number of aromatic nitrogens is 2. The number of hydrogen-bond donors (Lipinski definition) is 0. The fraction of sp³-hybridized carbons (Fsp3) is 0.737. The molecule has 1 fully saturated rings. The Balaban J connectivity index is 2.02. The molecule has 3 heterocycles. The van der Waals surface area contributed by atoms with Crippen molar-refractivity contribution >= 4 is 17.7 Å². The number of halogens is 3. The number of esters is 1. The van der Waals surface area contributed by atoms with Gasteiger partial charge in [0.1, 0.15) is 24.0 Å². The molecule has 2 atom stereocenters. The highest BCUT2D eigenvalue weighted by Crippen LogP contribution is 2.34. The molecule has 168 valence electrons. The van der Waals surface area contributed by atoms with Crippen LogP contribution in [0.15, 0.2) is 10.9 Å². The van der Waals surface area contributed by atoms with Crippen LogP contribution in [0.3, 0.4) is 0 Å². The van der Waals surface area contributed by atoms with Gasteiger partial charge in [-0.15, -0.1) is 0 Å². The lowest BCUT2D eigenvalue weighted by Crippen LogP contribution is -2.55. The van der Waals surface area contributed by atoms with Gasteiger partial charge in [0.15, 0.2) is 0 Å². The molecular weight excluding hydrogens is 405 g/mol. The van der Waals surface area contributed by atoms with Crippen molar-refractivity contribution in [2.75, 3.05) is 36.1 Å². The van der Waals surface area contributed by atoms with Crippen LogP contribution in [-0.4, -0.2) is 65.7 Å². The zero-order chi connectivity index (χ0) is 22.3. The lowest BCUT2D eigenvalue weighted by molar-refractivity contribution is -0.159. The first kappa shape index (κ1) is 22.4. The molecule has 8 nitrogen and oxygen atoms in total. The molecule has 0 bridgehead atoms. The maximum absolute atomic E-state index is 13.8. The van der Waals surface area contributed by atoms with E-state index in [4.69, 9.17) is 9.47 Å². The Kier molecular flexibility index (Phi) is 6.03. The van der Waals surface area contributed by atoms with Crippen LogP contribution in [0.1, 0.15) is 34.1 Å². The van der Waals surface area contributed by atoms with E-state index in [0.29, 0.717) is 19.8 Å². The zero-order valence-corrected chi connectivity index (χ0v) is 17.5. The third-order valence-corrected chi connectivity index (χ3v) is 4.99. The van der Waals surface area contributed by atoms with E-state index in [1.165, 1.54) is 10.6 Å². The van der Waals surface area contributed by atoms with E-state index in [1.807, 2.05) is 11.8 Å². The summed E-state index contributed by atoms with van der Waals surface area (Å²) in [7, 11) is 0. The summed E-state index contributed by atoms with van der Waals surface area (Å²) in [6.07, 6.45) is -4.94. The Labute approximate surface area is 172 Å². The second-order valence-electron chi connectivity index (χ2n) is 8.58. The fourth-order valence-electron chi connectivity index (χ4n) is 3.71. The average Bonchev–Trinajstić information content (AvgIpc) is 2.60. The van der Waals surface area contributed by atoms with Gasteiger partial charge in [-0.3, -0.25) is 14.2 Å². The van der Waals surface area contributed by atoms with Crippen LogP contribution in [-0.2, 0) is 20.8 Å². The topological polar surface area (TPSA) is 76.9 Å². The molecule has 0 saturated carbocycles. The second-order valence-corrected chi connectivity index (χ2v) is 8.58. The number of anilines is 2. The van der Waals surface area contributed by atoms with Crippen LogP contribution < -0.4 is 15.4 Å². The van der Waals surface area contributed by atoms with Crippen molar-refractivity contribution in [1.82, 2.24) is 9.55 Å². The molecule has 1 saturated heterocycles. The van der Waals surface area contributed by atoms with Crippen LogP contribution in [0.2, 0.25) is 0 Å². The van der Waals surface area contributed by atoms with E-state index in [1.54, 1.807) is 20.8 Å². The van der Waals surface area contributed by atoms with Gasteiger partial charge in [0.05, 0.1) is 19.3 Å². The summed E-state index contributed by atoms with van der Waals surface area (Å²) >= 11 is 0. The largest absolute Gasteiger partial charge is 0.459 e. The Morgan fingerprint density at radius 1 is 1.30 bits per heavy atom. The van der Waals surface area contributed by atoms with Crippen LogP contribution in [0.4, 0.5) is 24.9 Å². The number of hydrogen-bond acceptors (Lipinski definition) is 7. The molecule has 0 unspecified atom stereocenters. The summed E-state index contributed by atoms with van der Waals surface area (Å²) in [4.78, 5) is 32.1. The highest BCUT2D eigenvalue weighted by Gasteiger charge is 2.47. The molecule has 30 heavy (non-hydrogen) atoms. The molecule has 0 N–H and O–H groups in total. The third-order valence-electron chi connectivity index (χ3n) is 4.99. The zero-order valence-electron chi connectivity index (χ0n) is 17.5. The van der Waals surface area contributed by atoms with Gasteiger partial charge >= 0.3 is 12.1 Å². The smallest absolute Gasteiger partial charge is 0.408 e. The lowest BCUT2D eigenvalue weighted by atomic mass is 10.1. The average molecular weight is 432 g/mol. The van der Waals surface area contributed by atoms with Crippen LogP contribution in [0, 0.1) is 0 Å². The molecule has 3 rings (SSSR count). The Morgan fingerprint density at radius 3 is 2.60 bits per heavy atom. The molecule has 2 aliphatic heterocycles. The fourth-order valence-corrected chi connectivity index (χ4v) is 3.71. The van der Waals surface area contributed by atoms with Gasteiger partial charge in [0.2, 0.25) is 5.95 Å². The van der Waals surface area contributed by atoms with Gasteiger partial charge < -0.3 is 19.3 Å². The minimum Gasteiger partial charge on any atom is -0.459 e. The van der Waals surface area contributed by atoms with Crippen molar-refractivity contribution in [3.05, 3.63) is 16.4 Å². The molecule has 2 aliphatic rings. The quantitative estimate of drug-likeness (QED) is 0.676. The predicted molar refractivity (Wildman–Crippen MR) is 104 cm³/mol. The number of carbonyl (C=O) groups is 1. The third kappa shape index (κ3) is 4.88. The standard InChI is InChI=1S/C19H27F3N4O4/c1-12-11-29-8-7-24(12)14-9-15(27)25-6-5-13(19(20,21)22)26(17(25)23-14)10-16(28)30-18(2,3)4/h9,12-13H,5-8,10-11H2,1-4H3/t12-,13+/m1/s1. The number of rotatable bonds is 3. The summed E-state index contributed by atoms with van der Waals surface area (Å²) in [5, 5.41) is 0. The first-order valence-electron chi connectivity index (χ1n) is 9.88. The Hall–Kier alpha value is -2.30. The monoisotopic (exact) mass is 432 g/mol. The number of ether oxygens (including phenoxy) is 2. The van der Waals surface area contributed by atoms with Crippen molar-refractivity contribution in [3.8, 4) is 0 Å². The summed E-state index contributed by atoms with van der Waals surface area (Å²) in [6.45, 7) is 7.32. The normalized spacial score (nSPS) is 22.6. The minimum absolute atomic E-state index is 0.0880. The number of alkyl halides is 3. The highest BCUT2D eigenvalue weighted by molar-refractivity contribution is 5.76. The molecule has 0 radical (unpaired) electrons. The molecule has 0 aliphatic carbocycles. The molecule has 1 aromatic heterocycles. The first-order valence-corrected chi connectivity index (χ1v) is 9.88. The Morgan fingerprint density at radius 2 is 2.00 bits per heavy atom. The van der Waals surface area contributed by atoms with Crippen molar-refractivity contribution in [2.45, 2.75) is 64.5 Å². The van der Waals surface area contributed by atoms with Crippen LogP contribution in [0.5, 0.6) is 0 Å². The van der Waals surface area contributed by atoms with E-state index in [-0.39, 0.29) is 30.8 Å². The van der Waals surface area contributed by atoms with Crippen molar-refractivity contribution < 1.29 is 27.4 Å². The van der Waals surface area contributed by atoms with E-state index >= 15 is 0 Å². The van der Waals surface area contributed by atoms with Crippen molar-refractivity contribution in [2.24, 2.45) is 0 Å². The second kappa shape index (κ2) is 8.09. The molecule has 11 heteroatoms. The van der Waals surface area contributed by atoms with Gasteiger partial charge in [-0.05, 0) is 34.1 Å². The van der Waals surface area contributed by atoms with Crippen molar-refractivity contribution in [3.63, 3.8) is 0 Å². The summed E-state index contributed by atoms with van der Waals surface area (Å²) in [5.41, 5.74) is -1.30. The summed E-state index contributed by atoms with van der Waals surface area (Å²) in [5.74, 6) is -0.709. The summed E-state index contributed by atoms with van der Waals surface area (Å²) < 4.78 is 53.1.